The number of benzene rings is 1. The molecule has 0 aliphatic rings. The summed E-state index contributed by atoms with van der Waals surface area (Å²) in [5, 5.41) is 6.34. The van der Waals surface area contributed by atoms with Gasteiger partial charge >= 0.3 is 0 Å². The Morgan fingerprint density at radius 3 is 2.52 bits per heavy atom. The SMILES string of the molecule is CC(=O)Nc1cc(C(=O)NC(C)C)c2ccc(C)nc2c1. The van der Waals surface area contributed by atoms with Crippen LogP contribution < -0.4 is 10.6 Å². The van der Waals surface area contributed by atoms with Gasteiger partial charge in [-0.3, -0.25) is 14.6 Å². The largest absolute Gasteiger partial charge is 0.350 e. The van der Waals surface area contributed by atoms with E-state index in [1.54, 1.807) is 12.1 Å². The lowest BCUT2D eigenvalue weighted by Gasteiger charge is -2.13. The smallest absolute Gasteiger partial charge is 0.252 e. The number of rotatable bonds is 3. The van der Waals surface area contributed by atoms with Gasteiger partial charge in [-0.1, -0.05) is 6.07 Å². The molecule has 0 saturated heterocycles. The summed E-state index contributed by atoms with van der Waals surface area (Å²) in [6, 6.07) is 7.24. The number of carbonyl (C=O) groups excluding carboxylic acids is 2. The number of anilines is 1. The fourth-order valence-electron chi connectivity index (χ4n) is 2.14. The topological polar surface area (TPSA) is 71.1 Å². The van der Waals surface area contributed by atoms with Crippen molar-refractivity contribution < 1.29 is 9.59 Å². The lowest BCUT2D eigenvalue weighted by molar-refractivity contribution is -0.114. The molecule has 5 heteroatoms. The van der Waals surface area contributed by atoms with Gasteiger partial charge in [-0.2, -0.15) is 0 Å². The highest BCUT2D eigenvalue weighted by Gasteiger charge is 2.14. The molecule has 0 unspecified atom stereocenters. The van der Waals surface area contributed by atoms with Gasteiger partial charge in [0.25, 0.3) is 5.91 Å². The van der Waals surface area contributed by atoms with Crippen molar-refractivity contribution >= 4 is 28.4 Å². The molecule has 0 atom stereocenters. The zero-order valence-corrected chi connectivity index (χ0v) is 12.7. The highest BCUT2D eigenvalue weighted by Crippen LogP contribution is 2.23. The predicted molar refractivity (Wildman–Crippen MR) is 83.4 cm³/mol. The second-order valence-electron chi connectivity index (χ2n) is 5.35. The minimum atomic E-state index is -0.183. The molecule has 2 aromatic rings. The number of amides is 2. The first-order valence-electron chi connectivity index (χ1n) is 6.86. The summed E-state index contributed by atoms with van der Waals surface area (Å²) in [6.07, 6.45) is 0. The number of aryl methyl sites for hydroxylation is 1. The Labute approximate surface area is 123 Å². The van der Waals surface area contributed by atoms with Gasteiger partial charge in [0.1, 0.15) is 0 Å². The first kappa shape index (κ1) is 15.0. The van der Waals surface area contributed by atoms with Crippen molar-refractivity contribution in [2.24, 2.45) is 0 Å². The highest BCUT2D eigenvalue weighted by molar-refractivity contribution is 6.08. The van der Waals surface area contributed by atoms with Crippen LogP contribution in [0.25, 0.3) is 10.9 Å². The van der Waals surface area contributed by atoms with Crippen LogP contribution in [-0.2, 0) is 4.79 Å². The molecule has 1 heterocycles. The Bertz CT molecular complexity index is 708. The maximum absolute atomic E-state index is 12.3. The lowest BCUT2D eigenvalue weighted by Crippen LogP contribution is -2.30. The average molecular weight is 285 g/mol. The Balaban J connectivity index is 2.59. The molecular formula is C16H19N3O2. The fraction of sp³-hybridized carbons (Fsp3) is 0.312. The number of fused-ring (bicyclic) bond motifs is 1. The zero-order chi connectivity index (χ0) is 15.6. The Morgan fingerprint density at radius 2 is 1.90 bits per heavy atom. The van der Waals surface area contributed by atoms with Crippen LogP contribution in [-0.4, -0.2) is 22.8 Å². The van der Waals surface area contributed by atoms with Gasteiger partial charge in [-0.05, 0) is 39.0 Å². The van der Waals surface area contributed by atoms with Crippen LogP contribution in [0.5, 0.6) is 0 Å². The average Bonchev–Trinajstić information content (AvgIpc) is 2.35. The number of nitrogens with zero attached hydrogens (tertiary/aromatic N) is 1. The summed E-state index contributed by atoms with van der Waals surface area (Å²) in [4.78, 5) is 28.0. The standard InChI is InChI=1S/C16H19N3O2/c1-9(2)17-16(21)14-7-12(19-11(4)20)8-15-13(14)6-5-10(3)18-15/h5-9H,1-4H3,(H,17,21)(H,19,20). The van der Waals surface area contributed by atoms with Crippen molar-refractivity contribution in [1.82, 2.24) is 10.3 Å². The third-order valence-corrected chi connectivity index (χ3v) is 2.93. The van der Waals surface area contributed by atoms with Crippen molar-refractivity contribution in [1.29, 1.82) is 0 Å². The molecule has 0 fully saturated rings. The second-order valence-corrected chi connectivity index (χ2v) is 5.35. The predicted octanol–water partition coefficient (Wildman–Crippen LogP) is 2.64. The van der Waals surface area contributed by atoms with E-state index in [2.05, 4.69) is 15.6 Å². The monoisotopic (exact) mass is 285 g/mol. The molecule has 2 rings (SSSR count). The molecule has 1 aromatic heterocycles. The number of hydrogen-bond donors (Lipinski definition) is 2. The molecule has 110 valence electrons. The molecule has 0 aliphatic heterocycles. The molecule has 0 saturated carbocycles. The van der Waals surface area contributed by atoms with Gasteiger partial charge in [0.05, 0.1) is 11.1 Å². The lowest BCUT2D eigenvalue weighted by atomic mass is 10.1. The van der Waals surface area contributed by atoms with Gasteiger partial charge in [0.15, 0.2) is 0 Å². The van der Waals surface area contributed by atoms with Crippen LogP contribution in [0.2, 0.25) is 0 Å². The minimum absolute atomic E-state index is 0.0374. The van der Waals surface area contributed by atoms with Crippen LogP contribution >= 0.6 is 0 Å². The van der Waals surface area contributed by atoms with Crippen LogP contribution in [0.15, 0.2) is 24.3 Å². The van der Waals surface area contributed by atoms with E-state index in [9.17, 15) is 9.59 Å². The van der Waals surface area contributed by atoms with E-state index < -0.39 is 0 Å². The zero-order valence-electron chi connectivity index (χ0n) is 12.7. The van der Waals surface area contributed by atoms with Crippen LogP contribution in [0, 0.1) is 6.92 Å². The third kappa shape index (κ3) is 3.56. The van der Waals surface area contributed by atoms with Gasteiger partial charge < -0.3 is 10.6 Å². The van der Waals surface area contributed by atoms with Gasteiger partial charge in [0.2, 0.25) is 5.91 Å². The molecular weight excluding hydrogens is 266 g/mol. The Morgan fingerprint density at radius 1 is 1.19 bits per heavy atom. The van der Waals surface area contributed by atoms with E-state index >= 15 is 0 Å². The molecule has 0 aliphatic carbocycles. The van der Waals surface area contributed by atoms with Crippen LogP contribution in [0.1, 0.15) is 36.8 Å². The van der Waals surface area contributed by atoms with E-state index in [1.807, 2.05) is 32.9 Å². The van der Waals surface area contributed by atoms with Crippen molar-refractivity contribution in [2.75, 3.05) is 5.32 Å². The Kier molecular flexibility index (Phi) is 4.21. The number of carbonyl (C=O) groups is 2. The minimum Gasteiger partial charge on any atom is -0.350 e. The summed E-state index contributed by atoms with van der Waals surface area (Å²) in [7, 11) is 0. The molecule has 5 nitrogen and oxygen atoms in total. The molecule has 1 aromatic carbocycles. The summed E-state index contributed by atoms with van der Waals surface area (Å²) in [6.45, 7) is 7.13. The number of pyridine rings is 1. The summed E-state index contributed by atoms with van der Waals surface area (Å²) >= 11 is 0. The van der Waals surface area contributed by atoms with Crippen LogP contribution in [0.3, 0.4) is 0 Å². The first-order chi connectivity index (χ1) is 9.86. The summed E-state index contributed by atoms with van der Waals surface area (Å²) in [5.41, 5.74) is 2.63. The van der Waals surface area contributed by atoms with E-state index in [0.717, 1.165) is 11.1 Å². The quantitative estimate of drug-likeness (QED) is 0.910. The molecule has 21 heavy (non-hydrogen) atoms. The van der Waals surface area contributed by atoms with E-state index in [4.69, 9.17) is 0 Å². The summed E-state index contributed by atoms with van der Waals surface area (Å²) in [5.74, 6) is -0.356. The van der Waals surface area contributed by atoms with Crippen molar-refractivity contribution in [3.8, 4) is 0 Å². The molecule has 2 amide bonds. The summed E-state index contributed by atoms with van der Waals surface area (Å²) < 4.78 is 0. The van der Waals surface area contributed by atoms with Crippen molar-refractivity contribution in [2.45, 2.75) is 33.7 Å². The second kappa shape index (κ2) is 5.91. The third-order valence-electron chi connectivity index (χ3n) is 2.93. The van der Waals surface area contributed by atoms with E-state index in [1.165, 1.54) is 6.92 Å². The van der Waals surface area contributed by atoms with Crippen molar-refractivity contribution in [3.05, 3.63) is 35.5 Å². The van der Waals surface area contributed by atoms with Gasteiger partial charge in [-0.15, -0.1) is 0 Å². The molecule has 0 spiro atoms. The highest BCUT2D eigenvalue weighted by atomic mass is 16.2. The van der Waals surface area contributed by atoms with E-state index in [-0.39, 0.29) is 17.9 Å². The van der Waals surface area contributed by atoms with Crippen molar-refractivity contribution in [3.63, 3.8) is 0 Å². The van der Waals surface area contributed by atoms with Gasteiger partial charge in [-0.25, -0.2) is 0 Å². The maximum Gasteiger partial charge on any atom is 0.252 e. The van der Waals surface area contributed by atoms with Crippen LogP contribution in [0.4, 0.5) is 5.69 Å². The maximum atomic E-state index is 12.3. The fourth-order valence-corrected chi connectivity index (χ4v) is 2.14. The molecule has 0 radical (unpaired) electrons. The van der Waals surface area contributed by atoms with E-state index in [0.29, 0.717) is 16.8 Å². The number of nitrogens with one attached hydrogen (secondary N) is 2. The number of aromatic nitrogens is 1. The molecule has 2 N–H and O–H groups in total. The first-order valence-corrected chi connectivity index (χ1v) is 6.86. The normalized spacial score (nSPS) is 10.7. The number of hydrogen-bond acceptors (Lipinski definition) is 3. The van der Waals surface area contributed by atoms with Gasteiger partial charge in [0, 0.05) is 29.7 Å². The molecule has 0 bridgehead atoms. The Hall–Kier alpha value is -2.43.